The first kappa shape index (κ1) is 10.1. The molecule has 0 unspecified atom stereocenters. The van der Waals surface area contributed by atoms with E-state index in [4.69, 9.17) is 28.3 Å². The molecule has 0 atom stereocenters. The van der Waals surface area contributed by atoms with Crippen molar-refractivity contribution in [2.45, 2.75) is 0 Å². The van der Waals surface area contributed by atoms with Crippen LogP contribution in [0.3, 0.4) is 0 Å². The molecule has 0 spiro atoms. The summed E-state index contributed by atoms with van der Waals surface area (Å²) in [6.07, 6.45) is 0. The Bertz CT molecular complexity index is 227. The van der Waals surface area contributed by atoms with Crippen LogP contribution in [0.1, 0.15) is 0 Å². The quantitative estimate of drug-likeness (QED) is 0.675. The summed E-state index contributed by atoms with van der Waals surface area (Å²) < 4.78 is 0. The molecule has 0 aliphatic rings. The Morgan fingerprint density at radius 3 is 2.20 bits per heavy atom. The fourth-order valence-corrected chi connectivity index (χ4v) is 0.890. The topological polar surface area (TPSA) is 20.2 Å². The largest absolute Gasteiger partial charge is 0.506 e. The van der Waals surface area contributed by atoms with Gasteiger partial charge in [-0.15, -0.1) is 0 Å². The molecule has 0 aliphatic heterocycles. The second-order valence-electron chi connectivity index (χ2n) is 1.60. The van der Waals surface area contributed by atoms with Crippen LogP contribution in [0.15, 0.2) is 18.2 Å². The summed E-state index contributed by atoms with van der Waals surface area (Å²) in [5, 5.41) is 9.66. The summed E-state index contributed by atoms with van der Waals surface area (Å²) in [6, 6.07) is 4.51. The SMILES string of the molecule is Oc1ccc(Cl)cc1Cl.[Cu]. The van der Waals surface area contributed by atoms with Crippen molar-refractivity contribution < 1.29 is 22.2 Å². The summed E-state index contributed by atoms with van der Waals surface area (Å²) in [6.45, 7) is 0. The van der Waals surface area contributed by atoms with E-state index in [2.05, 4.69) is 0 Å². The van der Waals surface area contributed by atoms with Gasteiger partial charge in [0.05, 0.1) is 5.02 Å². The van der Waals surface area contributed by atoms with Gasteiger partial charge in [-0.05, 0) is 18.2 Å². The maximum absolute atomic E-state index is 8.85. The number of phenolic OH excluding ortho intramolecular Hbond substituents is 1. The zero-order valence-electron chi connectivity index (χ0n) is 4.74. The third kappa shape index (κ3) is 2.39. The molecule has 4 heteroatoms. The average molecular weight is 227 g/mol. The Hall–Kier alpha value is 0.119. The van der Waals surface area contributed by atoms with Crippen LogP contribution in [0.5, 0.6) is 5.75 Å². The Kier molecular flexibility index (Phi) is 4.14. The van der Waals surface area contributed by atoms with Gasteiger partial charge in [-0.25, -0.2) is 0 Å². The zero-order chi connectivity index (χ0) is 6.85. The smallest absolute Gasteiger partial charge is 0.134 e. The van der Waals surface area contributed by atoms with Gasteiger partial charge in [0.2, 0.25) is 0 Å². The maximum Gasteiger partial charge on any atom is 0.134 e. The molecule has 1 aromatic rings. The van der Waals surface area contributed by atoms with Crippen molar-refractivity contribution in [3.63, 3.8) is 0 Å². The summed E-state index contributed by atoms with van der Waals surface area (Å²) in [7, 11) is 0. The predicted molar refractivity (Wildman–Crippen MR) is 38.1 cm³/mol. The van der Waals surface area contributed by atoms with Crippen LogP contribution in [0.4, 0.5) is 0 Å². The van der Waals surface area contributed by atoms with Crippen LogP contribution in [0.2, 0.25) is 10.0 Å². The summed E-state index contributed by atoms with van der Waals surface area (Å²) in [5.74, 6) is 0.0565. The third-order valence-corrected chi connectivity index (χ3v) is 1.45. The Morgan fingerprint density at radius 2 is 1.80 bits per heavy atom. The summed E-state index contributed by atoms with van der Waals surface area (Å²) in [5.41, 5.74) is 0. The fraction of sp³-hybridized carbons (Fsp3) is 0. The fourth-order valence-electron chi connectivity index (χ4n) is 0.481. The molecule has 0 saturated heterocycles. The number of benzene rings is 1. The van der Waals surface area contributed by atoms with E-state index < -0.39 is 0 Å². The van der Waals surface area contributed by atoms with E-state index in [1.54, 1.807) is 6.07 Å². The van der Waals surface area contributed by atoms with Crippen molar-refractivity contribution in [3.8, 4) is 5.75 Å². The second-order valence-corrected chi connectivity index (χ2v) is 2.44. The molecule has 1 nitrogen and oxygen atoms in total. The molecule has 0 saturated carbocycles. The van der Waals surface area contributed by atoms with E-state index in [-0.39, 0.29) is 27.8 Å². The molecule has 10 heavy (non-hydrogen) atoms. The minimum atomic E-state index is 0. The summed E-state index contributed by atoms with van der Waals surface area (Å²) in [4.78, 5) is 0. The summed E-state index contributed by atoms with van der Waals surface area (Å²) >= 11 is 11.0. The molecule has 0 amide bonds. The molecular weight excluding hydrogens is 223 g/mol. The number of phenols is 1. The van der Waals surface area contributed by atoms with E-state index >= 15 is 0 Å². The molecule has 1 radical (unpaired) electrons. The number of hydrogen-bond acceptors (Lipinski definition) is 1. The predicted octanol–water partition coefficient (Wildman–Crippen LogP) is 2.70. The molecule has 1 N–H and O–H groups in total. The second kappa shape index (κ2) is 4.09. The van der Waals surface area contributed by atoms with Gasteiger partial charge in [0.25, 0.3) is 0 Å². The van der Waals surface area contributed by atoms with Crippen molar-refractivity contribution in [1.29, 1.82) is 0 Å². The number of hydrogen-bond donors (Lipinski definition) is 1. The molecule has 0 aliphatic carbocycles. The first-order valence-electron chi connectivity index (χ1n) is 2.34. The molecule has 59 valence electrons. The Labute approximate surface area is 79.4 Å². The van der Waals surface area contributed by atoms with Gasteiger partial charge in [0.1, 0.15) is 5.75 Å². The van der Waals surface area contributed by atoms with Gasteiger partial charge < -0.3 is 5.11 Å². The molecular formula is C6H4Cl2CuO. The van der Waals surface area contributed by atoms with Gasteiger partial charge in [0, 0.05) is 22.1 Å². The van der Waals surface area contributed by atoms with Crippen molar-refractivity contribution >= 4 is 23.2 Å². The first-order chi connectivity index (χ1) is 4.20. The Balaban J connectivity index is 0.000000810. The van der Waals surface area contributed by atoms with Gasteiger partial charge in [-0.2, -0.15) is 0 Å². The van der Waals surface area contributed by atoms with Crippen molar-refractivity contribution in [3.05, 3.63) is 28.2 Å². The van der Waals surface area contributed by atoms with Crippen molar-refractivity contribution in [1.82, 2.24) is 0 Å². The third-order valence-electron chi connectivity index (χ3n) is 0.910. The number of aromatic hydroxyl groups is 1. The normalized spacial score (nSPS) is 8.60. The minimum absolute atomic E-state index is 0. The van der Waals surface area contributed by atoms with E-state index in [1.165, 1.54) is 12.1 Å². The number of rotatable bonds is 0. The van der Waals surface area contributed by atoms with E-state index in [0.717, 1.165) is 0 Å². The Morgan fingerprint density at radius 1 is 1.20 bits per heavy atom. The number of halogens is 2. The molecule has 1 aromatic carbocycles. The van der Waals surface area contributed by atoms with Gasteiger partial charge in [0.15, 0.2) is 0 Å². The molecule has 1 rings (SSSR count). The van der Waals surface area contributed by atoms with Gasteiger partial charge in [-0.3, -0.25) is 0 Å². The van der Waals surface area contributed by atoms with Crippen LogP contribution < -0.4 is 0 Å². The molecule has 0 fully saturated rings. The first-order valence-corrected chi connectivity index (χ1v) is 3.10. The monoisotopic (exact) mass is 225 g/mol. The van der Waals surface area contributed by atoms with Crippen LogP contribution >= 0.6 is 23.2 Å². The van der Waals surface area contributed by atoms with Crippen molar-refractivity contribution in [2.75, 3.05) is 0 Å². The van der Waals surface area contributed by atoms with Crippen molar-refractivity contribution in [2.24, 2.45) is 0 Å². The van der Waals surface area contributed by atoms with E-state index in [1.807, 2.05) is 0 Å². The zero-order valence-corrected chi connectivity index (χ0v) is 7.19. The molecule has 0 heterocycles. The maximum atomic E-state index is 8.85. The minimum Gasteiger partial charge on any atom is -0.506 e. The van der Waals surface area contributed by atoms with Crippen LogP contribution in [-0.4, -0.2) is 5.11 Å². The molecule has 0 aromatic heterocycles. The van der Waals surface area contributed by atoms with Gasteiger partial charge >= 0.3 is 0 Å². The van der Waals surface area contributed by atoms with Crippen LogP contribution in [-0.2, 0) is 17.1 Å². The van der Waals surface area contributed by atoms with E-state index in [9.17, 15) is 0 Å². The van der Waals surface area contributed by atoms with Crippen LogP contribution in [0, 0.1) is 0 Å². The average Bonchev–Trinajstić information content (AvgIpc) is 1.80. The molecule has 0 bridgehead atoms. The van der Waals surface area contributed by atoms with Gasteiger partial charge in [-0.1, -0.05) is 23.2 Å². The van der Waals surface area contributed by atoms with E-state index in [0.29, 0.717) is 5.02 Å². The standard InChI is InChI=1S/C6H4Cl2O.Cu/c7-4-1-2-6(9)5(8)3-4;/h1-3,9H;. The van der Waals surface area contributed by atoms with Crippen LogP contribution in [0.25, 0.3) is 0 Å².